The summed E-state index contributed by atoms with van der Waals surface area (Å²) in [5, 5.41) is 2.87. The van der Waals surface area contributed by atoms with Crippen LogP contribution in [0.25, 0.3) is 0 Å². The second-order valence-electron chi connectivity index (χ2n) is 5.96. The van der Waals surface area contributed by atoms with Gasteiger partial charge in [-0.15, -0.1) is 0 Å². The minimum absolute atomic E-state index is 0.118. The summed E-state index contributed by atoms with van der Waals surface area (Å²) in [5.74, 6) is 1.40. The Morgan fingerprint density at radius 2 is 1.64 bits per heavy atom. The summed E-state index contributed by atoms with van der Waals surface area (Å²) >= 11 is 0. The average Bonchev–Trinajstić information content (AvgIpc) is 2.65. The van der Waals surface area contributed by atoms with Crippen LogP contribution in [0, 0.1) is 6.92 Å². The molecule has 25 heavy (non-hydrogen) atoms. The molecule has 0 heterocycles. The third-order valence-corrected chi connectivity index (χ3v) is 3.96. The number of ether oxygens (including phenoxy) is 2. The molecule has 1 atom stereocenters. The molecule has 0 spiro atoms. The molecule has 2 aromatic carbocycles. The van der Waals surface area contributed by atoms with Crippen molar-refractivity contribution in [2.45, 2.75) is 39.7 Å². The summed E-state index contributed by atoms with van der Waals surface area (Å²) in [6.45, 7) is 6.95. The third kappa shape index (κ3) is 6.14. The Labute approximate surface area is 150 Å². The van der Waals surface area contributed by atoms with E-state index in [9.17, 15) is 4.79 Å². The van der Waals surface area contributed by atoms with Gasteiger partial charge >= 0.3 is 0 Å². The summed E-state index contributed by atoms with van der Waals surface area (Å²) in [5.41, 5.74) is 2.44. The molecule has 0 unspecified atom stereocenters. The molecule has 0 fully saturated rings. The molecule has 0 saturated heterocycles. The fourth-order valence-electron chi connectivity index (χ4n) is 2.38. The van der Waals surface area contributed by atoms with Crippen LogP contribution >= 0.6 is 0 Å². The topological polar surface area (TPSA) is 47.6 Å². The molecule has 4 nitrogen and oxygen atoms in total. The van der Waals surface area contributed by atoms with Crippen LogP contribution in [0.4, 0.5) is 0 Å². The molecule has 1 N–H and O–H groups in total. The predicted octanol–water partition coefficient (Wildman–Crippen LogP) is 3.91. The summed E-state index contributed by atoms with van der Waals surface area (Å²) < 4.78 is 11.4. The Bertz CT molecular complexity index is 650. The lowest BCUT2D eigenvalue weighted by atomic mass is 10.2. The van der Waals surface area contributed by atoms with Crippen molar-refractivity contribution in [1.29, 1.82) is 0 Å². The highest BCUT2D eigenvalue weighted by Crippen LogP contribution is 2.15. The van der Waals surface area contributed by atoms with E-state index in [4.69, 9.17) is 9.47 Å². The van der Waals surface area contributed by atoms with Crippen LogP contribution in [0.2, 0.25) is 0 Å². The lowest BCUT2D eigenvalue weighted by Gasteiger charge is -2.17. The van der Waals surface area contributed by atoms with E-state index in [1.807, 2.05) is 50.2 Å². The van der Waals surface area contributed by atoms with E-state index in [1.165, 1.54) is 5.56 Å². The lowest BCUT2D eigenvalue weighted by molar-refractivity contribution is -0.128. The second-order valence-corrected chi connectivity index (χ2v) is 5.96. The number of carbonyl (C=O) groups is 1. The second kappa shape index (κ2) is 9.72. The van der Waals surface area contributed by atoms with Gasteiger partial charge in [-0.25, -0.2) is 0 Å². The zero-order chi connectivity index (χ0) is 18.1. The number of nitrogens with one attached hydrogen (secondary N) is 1. The van der Waals surface area contributed by atoms with Crippen molar-refractivity contribution in [3.05, 3.63) is 59.7 Å². The minimum atomic E-state index is -0.494. The summed E-state index contributed by atoms with van der Waals surface area (Å²) in [7, 11) is 0. The van der Waals surface area contributed by atoms with E-state index in [0.29, 0.717) is 25.3 Å². The van der Waals surface area contributed by atoms with E-state index in [2.05, 4.69) is 24.4 Å². The first-order valence-corrected chi connectivity index (χ1v) is 8.85. The molecule has 134 valence electrons. The minimum Gasteiger partial charge on any atom is -0.492 e. The normalized spacial score (nSPS) is 11.6. The first-order valence-electron chi connectivity index (χ1n) is 8.85. The van der Waals surface area contributed by atoms with Crippen LogP contribution in [-0.2, 0) is 11.2 Å². The van der Waals surface area contributed by atoms with Gasteiger partial charge in [0.15, 0.2) is 6.10 Å². The maximum Gasteiger partial charge on any atom is 0.261 e. The zero-order valence-electron chi connectivity index (χ0n) is 15.2. The van der Waals surface area contributed by atoms with Crippen molar-refractivity contribution in [3.63, 3.8) is 0 Å². The van der Waals surface area contributed by atoms with Gasteiger partial charge in [0.25, 0.3) is 5.91 Å². The number of aryl methyl sites for hydroxylation is 2. The first-order chi connectivity index (χ1) is 12.1. The van der Waals surface area contributed by atoms with Crippen LogP contribution < -0.4 is 14.8 Å². The van der Waals surface area contributed by atoms with Gasteiger partial charge in [0.05, 0.1) is 6.54 Å². The zero-order valence-corrected chi connectivity index (χ0v) is 15.2. The Morgan fingerprint density at radius 3 is 2.24 bits per heavy atom. The molecule has 2 aromatic rings. The molecule has 0 aliphatic heterocycles. The first kappa shape index (κ1) is 18.8. The summed E-state index contributed by atoms with van der Waals surface area (Å²) in [4.78, 5) is 12.2. The lowest BCUT2D eigenvalue weighted by Crippen LogP contribution is -2.39. The maximum atomic E-state index is 12.2. The molecule has 0 aliphatic carbocycles. The SMILES string of the molecule is CCc1ccc(OCCNC(=O)[C@H](CC)Oc2ccc(C)cc2)cc1. The van der Waals surface area contributed by atoms with Crippen molar-refractivity contribution < 1.29 is 14.3 Å². The Balaban J connectivity index is 1.74. The van der Waals surface area contributed by atoms with Crippen molar-refractivity contribution in [1.82, 2.24) is 5.32 Å². The Kier molecular flexibility index (Phi) is 7.33. The molecular formula is C21H27NO3. The summed E-state index contributed by atoms with van der Waals surface area (Å²) in [6.07, 6.45) is 1.13. The monoisotopic (exact) mass is 341 g/mol. The molecule has 0 saturated carbocycles. The average molecular weight is 341 g/mol. The highest BCUT2D eigenvalue weighted by molar-refractivity contribution is 5.81. The van der Waals surface area contributed by atoms with Crippen LogP contribution in [0.15, 0.2) is 48.5 Å². The summed E-state index contributed by atoms with van der Waals surface area (Å²) in [6, 6.07) is 15.7. The van der Waals surface area contributed by atoms with E-state index >= 15 is 0 Å². The molecule has 0 aromatic heterocycles. The third-order valence-electron chi connectivity index (χ3n) is 3.96. The van der Waals surface area contributed by atoms with Gasteiger partial charge in [-0.2, -0.15) is 0 Å². The van der Waals surface area contributed by atoms with Crippen molar-refractivity contribution >= 4 is 5.91 Å². The number of amides is 1. The number of rotatable bonds is 9. The number of carbonyl (C=O) groups excluding carboxylic acids is 1. The largest absolute Gasteiger partial charge is 0.492 e. The number of hydrogen-bond donors (Lipinski definition) is 1. The molecule has 4 heteroatoms. The van der Waals surface area contributed by atoms with Gasteiger partial charge in [0.1, 0.15) is 18.1 Å². The van der Waals surface area contributed by atoms with E-state index in [1.54, 1.807) is 0 Å². The van der Waals surface area contributed by atoms with Gasteiger partial charge in [-0.1, -0.05) is 43.7 Å². The van der Waals surface area contributed by atoms with Crippen LogP contribution in [0.5, 0.6) is 11.5 Å². The van der Waals surface area contributed by atoms with E-state index in [-0.39, 0.29) is 5.91 Å². The van der Waals surface area contributed by atoms with Crippen LogP contribution in [-0.4, -0.2) is 25.2 Å². The number of benzene rings is 2. The van der Waals surface area contributed by atoms with Gasteiger partial charge in [0.2, 0.25) is 0 Å². The molecule has 0 bridgehead atoms. The van der Waals surface area contributed by atoms with Gasteiger partial charge in [-0.3, -0.25) is 4.79 Å². The molecule has 2 rings (SSSR count). The highest BCUT2D eigenvalue weighted by atomic mass is 16.5. The molecule has 1 amide bonds. The van der Waals surface area contributed by atoms with Gasteiger partial charge in [0, 0.05) is 0 Å². The molecular weight excluding hydrogens is 314 g/mol. The molecule has 0 aliphatic rings. The van der Waals surface area contributed by atoms with Crippen molar-refractivity contribution in [2.75, 3.05) is 13.2 Å². The van der Waals surface area contributed by atoms with Crippen LogP contribution in [0.3, 0.4) is 0 Å². The van der Waals surface area contributed by atoms with E-state index < -0.39 is 6.10 Å². The van der Waals surface area contributed by atoms with Crippen LogP contribution in [0.1, 0.15) is 31.4 Å². The maximum absolute atomic E-state index is 12.2. The molecule has 0 radical (unpaired) electrons. The number of hydrogen-bond acceptors (Lipinski definition) is 3. The van der Waals surface area contributed by atoms with Crippen molar-refractivity contribution in [2.24, 2.45) is 0 Å². The van der Waals surface area contributed by atoms with Crippen molar-refractivity contribution in [3.8, 4) is 11.5 Å². The Morgan fingerprint density at radius 1 is 1.00 bits per heavy atom. The fourth-order valence-corrected chi connectivity index (χ4v) is 2.38. The Hall–Kier alpha value is -2.49. The highest BCUT2D eigenvalue weighted by Gasteiger charge is 2.17. The van der Waals surface area contributed by atoms with Gasteiger partial charge in [-0.05, 0) is 49.6 Å². The van der Waals surface area contributed by atoms with E-state index in [0.717, 1.165) is 17.7 Å². The predicted molar refractivity (Wildman–Crippen MR) is 100 cm³/mol. The van der Waals surface area contributed by atoms with Gasteiger partial charge < -0.3 is 14.8 Å². The quantitative estimate of drug-likeness (QED) is 0.704. The fraction of sp³-hybridized carbons (Fsp3) is 0.381. The standard InChI is InChI=1S/C21H27NO3/c1-4-17-8-12-18(13-9-17)24-15-14-22-21(23)20(5-2)25-19-10-6-16(3)7-11-19/h6-13,20H,4-5,14-15H2,1-3H3,(H,22,23)/t20-/m0/s1. The smallest absolute Gasteiger partial charge is 0.261 e.